The number of rotatable bonds is 6. The molecule has 0 N–H and O–H groups in total. The van der Waals surface area contributed by atoms with Crippen LogP contribution in [0.4, 0.5) is 0 Å². The zero-order valence-corrected chi connectivity index (χ0v) is 13.0. The SMILES string of the molecule is CC(C)(CO[C@H]1CCCCO1)CO[Si](C)(C)C. The highest BCUT2D eigenvalue weighted by molar-refractivity contribution is 6.69. The molecule has 3 nitrogen and oxygen atoms in total. The maximum absolute atomic E-state index is 5.95. The van der Waals surface area contributed by atoms with E-state index in [-0.39, 0.29) is 11.7 Å². The molecular weight excluding hydrogens is 232 g/mol. The molecule has 0 unspecified atom stereocenters. The Bertz CT molecular complexity index is 217. The van der Waals surface area contributed by atoms with Crippen molar-refractivity contribution in [2.45, 2.75) is 59.0 Å². The summed E-state index contributed by atoms with van der Waals surface area (Å²) in [6, 6.07) is 0. The van der Waals surface area contributed by atoms with Crippen molar-refractivity contribution in [3.05, 3.63) is 0 Å². The van der Waals surface area contributed by atoms with Gasteiger partial charge in [0.05, 0.1) is 6.61 Å². The molecule has 0 aromatic carbocycles. The van der Waals surface area contributed by atoms with Gasteiger partial charge in [0.1, 0.15) is 0 Å². The summed E-state index contributed by atoms with van der Waals surface area (Å²) in [6.07, 6.45) is 3.43. The second kappa shape index (κ2) is 6.32. The van der Waals surface area contributed by atoms with Crippen LogP contribution in [0.15, 0.2) is 0 Å². The van der Waals surface area contributed by atoms with Gasteiger partial charge in [0.2, 0.25) is 0 Å². The third kappa shape index (κ3) is 7.19. The van der Waals surface area contributed by atoms with Crippen molar-refractivity contribution < 1.29 is 13.9 Å². The van der Waals surface area contributed by atoms with E-state index >= 15 is 0 Å². The highest BCUT2D eigenvalue weighted by Gasteiger charge is 2.25. The average Bonchev–Trinajstić information content (AvgIpc) is 2.25. The molecule has 1 saturated heterocycles. The van der Waals surface area contributed by atoms with Crippen molar-refractivity contribution in [3.63, 3.8) is 0 Å². The van der Waals surface area contributed by atoms with Gasteiger partial charge in [-0.1, -0.05) is 13.8 Å². The third-order valence-electron chi connectivity index (χ3n) is 2.69. The number of ether oxygens (including phenoxy) is 2. The van der Waals surface area contributed by atoms with Gasteiger partial charge in [0.25, 0.3) is 0 Å². The molecule has 0 bridgehead atoms. The second-order valence-electron chi connectivity index (χ2n) is 6.67. The van der Waals surface area contributed by atoms with Crippen LogP contribution in [-0.4, -0.2) is 34.4 Å². The lowest BCUT2D eigenvalue weighted by molar-refractivity contribution is -0.178. The van der Waals surface area contributed by atoms with Gasteiger partial charge >= 0.3 is 0 Å². The van der Waals surface area contributed by atoms with E-state index in [1.54, 1.807) is 0 Å². The summed E-state index contributed by atoms with van der Waals surface area (Å²) in [5, 5.41) is 0. The van der Waals surface area contributed by atoms with E-state index < -0.39 is 8.32 Å². The standard InChI is InChI=1S/C13H28O3Si/c1-13(2,11-16-17(3,4)5)10-15-12-8-6-7-9-14-12/h12H,6-11H2,1-5H3/t12-/m0/s1. The summed E-state index contributed by atoms with van der Waals surface area (Å²) in [7, 11) is -1.42. The summed E-state index contributed by atoms with van der Waals surface area (Å²) in [5.41, 5.74) is 0.0705. The van der Waals surface area contributed by atoms with Crippen molar-refractivity contribution in [2.75, 3.05) is 19.8 Å². The molecule has 0 aliphatic carbocycles. The summed E-state index contributed by atoms with van der Waals surface area (Å²) in [5.74, 6) is 0. The van der Waals surface area contributed by atoms with Crippen LogP contribution in [0.1, 0.15) is 33.1 Å². The van der Waals surface area contributed by atoms with Crippen LogP contribution in [0, 0.1) is 5.41 Å². The molecule has 1 aliphatic rings. The number of hydrogen-bond acceptors (Lipinski definition) is 3. The molecule has 1 aliphatic heterocycles. The highest BCUT2D eigenvalue weighted by atomic mass is 28.4. The van der Waals surface area contributed by atoms with Gasteiger partial charge < -0.3 is 13.9 Å². The van der Waals surface area contributed by atoms with E-state index in [2.05, 4.69) is 33.5 Å². The first-order chi connectivity index (χ1) is 7.79. The van der Waals surface area contributed by atoms with Gasteiger partial charge in [-0.25, -0.2) is 0 Å². The quantitative estimate of drug-likeness (QED) is 0.685. The summed E-state index contributed by atoms with van der Waals surface area (Å²) in [6.45, 7) is 13.4. The van der Waals surface area contributed by atoms with E-state index in [4.69, 9.17) is 13.9 Å². The first-order valence-electron chi connectivity index (χ1n) is 6.66. The van der Waals surface area contributed by atoms with Gasteiger partial charge in [-0.15, -0.1) is 0 Å². The van der Waals surface area contributed by atoms with Crippen molar-refractivity contribution in [1.82, 2.24) is 0 Å². The second-order valence-corrected chi connectivity index (χ2v) is 11.2. The lowest BCUT2D eigenvalue weighted by Gasteiger charge is -2.31. The fourth-order valence-corrected chi connectivity index (χ4v) is 2.44. The molecule has 0 aromatic heterocycles. The normalized spacial score (nSPS) is 22.8. The van der Waals surface area contributed by atoms with Crippen LogP contribution < -0.4 is 0 Å². The molecule has 1 heterocycles. The van der Waals surface area contributed by atoms with Gasteiger partial charge in [-0.2, -0.15) is 0 Å². The number of hydrogen-bond donors (Lipinski definition) is 0. The average molecular weight is 260 g/mol. The fraction of sp³-hybridized carbons (Fsp3) is 1.00. The Morgan fingerprint density at radius 1 is 1.18 bits per heavy atom. The van der Waals surface area contributed by atoms with E-state index in [1.807, 2.05) is 0 Å². The summed E-state index contributed by atoms with van der Waals surface area (Å²) in [4.78, 5) is 0. The van der Waals surface area contributed by atoms with Crippen molar-refractivity contribution >= 4 is 8.32 Å². The highest BCUT2D eigenvalue weighted by Crippen LogP contribution is 2.22. The summed E-state index contributed by atoms with van der Waals surface area (Å²) < 4.78 is 17.3. The monoisotopic (exact) mass is 260 g/mol. The Morgan fingerprint density at radius 3 is 2.41 bits per heavy atom. The largest absolute Gasteiger partial charge is 0.417 e. The molecule has 0 spiro atoms. The molecule has 1 rings (SSSR count). The van der Waals surface area contributed by atoms with Crippen LogP contribution in [0.5, 0.6) is 0 Å². The molecule has 4 heteroatoms. The maximum atomic E-state index is 5.95. The van der Waals surface area contributed by atoms with Crippen molar-refractivity contribution in [1.29, 1.82) is 0 Å². The van der Waals surface area contributed by atoms with E-state index in [1.165, 1.54) is 12.8 Å². The minimum atomic E-state index is -1.42. The van der Waals surface area contributed by atoms with Crippen molar-refractivity contribution in [2.24, 2.45) is 5.41 Å². The lowest BCUT2D eigenvalue weighted by Crippen LogP contribution is -2.36. The summed E-state index contributed by atoms with van der Waals surface area (Å²) >= 11 is 0. The zero-order valence-electron chi connectivity index (χ0n) is 12.0. The van der Waals surface area contributed by atoms with Crippen LogP contribution in [0.3, 0.4) is 0 Å². The Balaban J connectivity index is 2.23. The molecule has 1 fully saturated rings. The molecule has 0 amide bonds. The molecule has 102 valence electrons. The predicted octanol–water partition coefficient (Wildman–Crippen LogP) is 3.41. The molecule has 0 radical (unpaired) electrons. The van der Waals surface area contributed by atoms with E-state index in [9.17, 15) is 0 Å². The van der Waals surface area contributed by atoms with Gasteiger partial charge in [0, 0.05) is 18.6 Å². The first-order valence-corrected chi connectivity index (χ1v) is 10.1. The minimum Gasteiger partial charge on any atom is -0.417 e. The Hall–Kier alpha value is 0.0969. The molecule has 1 atom stereocenters. The first kappa shape index (κ1) is 15.2. The molecular formula is C13H28O3Si. The molecule has 17 heavy (non-hydrogen) atoms. The lowest BCUT2D eigenvalue weighted by atomic mass is 9.96. The van der Waals surface area contributed by atoms with Crippen molar-refractivity contribution in [3.8, 4) is 0 Å². The Kier molecular flexibility index (Phi) is 5.63. The fourth-order valence-electron chi connectivity index (χ4n) is 1.61. The van der Waals surface area contributed by atoms with Gasteiger partial charge in [-0.05, 0) is 38.9 Å². The third-order valence-corrected chi connectivity index (χ3v) is 3.70. The predicted molar refractivity (Wildman–Crippen MR) is 72.6 cm³/mol. The van der Waals surface area contributed by atoms with E-state index in [0.29, 0.717) is 6.61 Å². The van der Waals surface area contributed by atoms with E-state index in [0.717, 1.165) is 19.6 Å². The molecule has 0 saturated carbocycles. The van der Waals surface area contributed by atoms with Crippen LogP contribution in [0.2, 0.25) is 19.6 Å². The minimum absolute atomic E-state index is 0.00917. The van der Waals surface area contributed by atoms with Crippen LogP contribution in [0.25, 0.3) is 0 Å². The Morgan fingerprint density at radius 2 is 1.88 bits per heavy atom. The maximum Gasteiger partial charge on any atom is 0.183 e. The molecule has 0 aromatic rings. The van der Waals surface area contributed by atoms with Gasteiger partial charge in [-0.3, -0.25) is 0 Å². The van der Waals surface area contributed by atoms with Gasteiger partial charge in [0.15, 0.2) is 14.6 Å². The topological polar surface area (TPSA) is 27.7 Å². The zero-order chi connectivity index (χ0) is 12.9. The smallest absolute Gasteiger partial charge is 0.183 e. The van der Waals surface area contributed by atoms with Crippen LogP contribution in [-0.2, 0) is 13.9 Å². The Labute approximate surface area is 107 Å². The van der Waals surface area contributed by atoms with Crippen LogP contribution >= 0.6 is 0 Å².